The quantitative estimate of drug-likeness (QED) is 0.276. The number of rotatable bonds is 7. The summed E-state index contributed by atoms with van der Waals surface area (Å²) in [4.78, 5) is 4.54. The van der Waals surface area contributed by atoms with Crippen LogP contribution in [-0.4, -0.2) is 21.2 Å². The van der Waals surface area contributed by atoms with Crippen LogP contribution in [0.25, 0.3) is 0 Å². The van der Waals surface area contributed by atoms with E-state index < -0.39 is 10.1 Å². The fourth-order valence-corrected chi connectivity index (χ4v) is 4.41. The zero-order valence-corrected chi connectivity index (χ0v) is 19.5. The van der Waals surface area contributed by atoms with Crippen molar-refractivity contribution >= 4 is 49.6 Å². The minimum atomic E-state index is -4.01. The molecule has 0 radical (unpaired) electrons. The second kappa shape index (κ2) is 9.64. The molecule has 3 rings (SSSR count). The molecule has 0 amide bonds. The molecule has 0 aliphatic carbocycles. The van der Waals surface area contributed by atoms with Gasteiger partial charge < -0.3 is 8.92 Å². The molecule has 3 aromatic rings. The van der Waals surface area contributed by atoms with Crippen LogP contribution >= 0.6 is 27.5 Å². The van der Waals surface area contributed by atoms with Gasteiger partial charge in [0.25, 0.3) is 0 Å². The molecule has 0 aromatic heterocycles. The van der Waals surface area contributed by atoms with Crippen molar-refractivity contribution in [3.8, 4) is 11.5 Å². The molecule has 0 bridgehead atoms. The van der Waals surface area contributed by atoms with Gasteiger partial charge in [-0.15, -0.1) is 0 Å². The van der Waals surface area contributed by atoms with Crippen molar-refractivity contribution in [1.29, 1.82) is 0 Å². The molecule has 0 N–H and O–H groups in total. The molecule has 5 nitrogen and oxygen atoms in total. The van der Waals surface area contributed by atoms with E-state index >= 15 is 0 Å². The zero-order valence-electron chi connectivity index (χ0n) is 16.3. The summed E-state index contributed by atoms with van der Waals surface area (Å²) in [6.45, 7) is 4.08. The average molecular weight is 509 g/mol. The zero-order chi connectivity index (χ0) is 21.7. The third kappa shape index (κ3) is 5.41. The molecule has 30 heavy (non-hydrogen) atoms. The normalized spacial score (nSPS) is 11.6. The molecular formula is C22H19BrClNO4S. The van der Waals surface area contributed by atoms with E-state index in [0.717, 1.165) is 11.3 Å². The average Bonchev–Trinajstić information content (AvgIpc) is 2.72. The van der Waals surface area contributed by atoms with Gasteiger partial charge in [-0.05, 0) is 77.3 Å². The molecule has 0 saturated heterocycles. The summed E-state index contributed by atoms with van der Waals surface area (Å²) < 4.78 is 36.7. The molecular weight excluding hydrogens is 490 g/mol. The van der Waals surface area contributed by atoms with Gasteiger partial charge in [0.05, 0.1) is 16.8 Å². The van der Waals surface area contributed by atoms with Gasteiger partial charge in [-0.25, -0.2) is 0 Å². The monoisotopic (exact) mass is 507 g/mol. The Morgan fingerprint density at radius 1 is 1.10 bits per heavy atom. The maximum atomic E-state index is 12.6. The van der Waals surface area contributed by atoms with Crippen LogP contribution in [0.15, 0.2) is 75.0 Å². The molecule has 0 fully saturated rings. The summed E-state index contributed by atoms with van der Waals surface area (Å²) >= 11 is 9.44. The highest BCUT2D eigenvalue weighted by Gasteiger charge is 2.22. The topological polar surface area (TPSA) is 65.0 Å². The standard InChI is InChI=1S/C22H19BrClNO4S/c1-3-28-21-12-16(14-25-20-13-17(24)10-9-15(20)2)11-19(23)22(21)29-30(26,27)18-7-5-4-6-8-18/h4-14H,3H2,1-2H3. The smallest absolute Gasteiger partial charge is 0.339 e. The highest BCUT2D eigenvalue weighted by molar-refractivity contribution is 9.10. The molecule has 0 unspecified atom stereocenters. The number of benzene rings is 3. The minimum absolute atomic E-state index is 0.0569. The Balaban J connectivity index is 1.96. The lowest BCUT2D eigenvalue weighted by Gasteiger charge is -2.14. The Morgan fingerprint density at radius 2 is 1.83 bits per heavy atom. The highest BCUT2D eigenvalue weighted by Crippen LogP contribution is 2.38. The van der Waals surface area contributed by atoms with Crippen molar-refractivity contribution in [2.75, 3.05) is 6.61 Å². The van der Waals surface area contributed by atoms with E-state index in [2.05, 4.69) is 20.9 Å². The molecule has 0 atom stereocenters. The Labute approximate surface area is 189 Å². The fraction of sp³-hybridized carbons (Fsp3) is 0.136. The van der Waals surface area contributed by atoms with Crippen molar-refractivity contribution in [1.82, 2.24) is 0 Å². The molecule has 0 heterocycles. The van der Waals surface area contributed by atoms with Gasteiger partial charge in [-0.3, -0.25) is 4.99 Å². The molecule has 0 spiro atoms. The first kappa shape index (κ1) is 22.3. The van der Waals surface area contributed by atoms with Crippen LogP contribution in [0, 0.1) is 6.92 Å². The Bertz CT molecular complexity index is 1180. The maximum absolute atomic E-state index is 12.6. The summed E-state index contributed by atoms with van der Waals surface area (Å²) in [5.41, 5.74) is 2.42. The predicted octanol–water partition coefficient (Wildman–Crippen LogP) is 6.33. The van der Waals surface area contributed by atoms with Crippen LogP contribution in [0.2, 0.25) is 5.02 Å². The van der Waals surface area contributed by atoms with Crippen molar-refractivity contribution in [3.05, 3.63) is 81.3 Å². The van der Waals surface area contributed by atoms with E-state index in [1.807, 2.05) is 13.0 Å². The van der Waals surface area contributed by atoms with Gasteiger partial charge in [0.2, 0.25) is 0 Å². The number of halogens is 2. The van der Waals surface area contributed by atoms with Gasteiger partial charge in [-0.2, -0.15) is 8.42 Å². The van der Waals surface area contributed by atoms with Crippen molar-refractivity contribution in [2.45, 2.75) is 18.7 Å². The van der Waals surface area contributed by atoms with E-state index in [9.17, 15) is 8.42 Å². The second-order valence-electron chi connectivity index (χ2n) is 6.30. The third-order valence-electron chi connectivity index (χ3n) is 4.08. The number of nitrogens with zero attached hydrogens (tertiary/aromatic N) is 1. The van der Waals surface area contributed by atoms with Crippen LogP contribution in [0.4, 0.5) is 5.69 Å². The maximum Gasteiger partial charge on any atom is 0.339 e. The molecule has 0 aliphatic heterocycles. The molecule has 0 saturated carbocycles. The number of aliphatic imine (C=N–C) groups is 1. The van der Waals surface area contributed by atoms with Crippen LogP contribution in [0.1, 0.15) is 18.1 Å². The van der Waals surface area contributed by atoms with Gasteiger partial charge in [0.15, 0.2) is 11.5 Å². The number of hydrogen-bond donors (Lipinski definition) is 0. The van der Waals surface area contributed by atoms with Gasteiger partial charge in [0, 0.05) is 11.2 Å². The first-order valence-corrected chi connectivity index (χ1v) is 11.6. The highest BCUT2D eigenvalue weighted by atomic mass is 79.9. The molecule has 156 valence electrons. The van der Waals surface area contributed by atoms with Crippen LogP contribution in [0.3, 0.4) is 0 Å². The van der Waals surface area contributed by atoms with E-state index in [1.165, 1.54) is 12.1 Å². The summed E-state index contributed by atoms with van der Waals surface area (Å²) in [5.74, 6) is 0.368. The van der Waals surface area contributed by atoms with E-state index in [1.54, 1.807) is 55.6 Å². The number of hydrogen-bond acceptors (Lipinski definition) is 5. The van der Waals surface area contributed by atoms with Crippen LogP contribution in [0.5, 0.6) is 11.5 Å². The summed E-state index contributed by atoms with van der Waals surface area (Å²) in [7, 11) is -4.01. The lowest BCUT2D eigenvalue weighted by molar-refractivity contribution is 0.327. The van der Waals surface area contributed by atoms with Gasteiger partial charge >= 0.3 is 10.1 Å². The fourth-order valence-electron chi connectivity index (χ4n) is 2.62. The molecule has 0 aliphatic rings. The minimum Gasteiger partial charge on any atom is -0.490 e. The lowest BCUT2D eigenvalue weighted by atomic mass is 10.2. The van der Waals surface area contributed by atoms with E-state index in [4.69, 9.17) is 20.5 Å². The number of aryl methyl sites for hydroxylation is 1. The van der Waals surface area contributed by atoms with E-state index in [0.29, 0.717) is 21.7 Å². The molecule has 3 aromatic carbocycles. The summed E-state index contributed by atoms with van der Waals surface area (Å²) in [6, 6.07) is 16.8. The lowest BCUT2D eigenvalue weighted by Crippen LogP contribution is -2.11. The third-order valence-corrected chi connectivity index (χ3v) is 6.14. The Kier molecular flexibility index (Phi) is 7.18. The Hall–Kier alpha value is -2.35. The van der Waals surface area contributed by atoms with Gasteiger partial charge in [0.1, 0.15) is 4.90 Å². The SMILES string of the molecule is CCOc1cc(C=Nc2cc(Cl)ccc2C)cc(Br)c1OS(=O)(=O)c1ccccc1. The second-order valence-corrected chi connectivity index (χ2v) is 9.14. The first-order chi connectivity index (χ1) is 14.3. The van der Waals surface area contributed by atoms with Crippen LogP contribution < -0.4 is 8.92 Å². The van der Waals surface area contributed by atoms with Crippen molar-refractivity contribution < 1.29 is 17.3 Å². The van der Waals surface area contributed by atoms with E-state index in [-0.39, 0.29) is 16.4 Å². The van der Waals surface area contributed by atoms with Gasteiger partial charge in [-0.1, -0.05) is 35.9 Å². The number of ether oxygens (including phenoxy) is 1. The van der Waals surface area contributed by atoms with Crippen molar-refractivity contribution in [3.63, 3.8) is 0 Å². The van der Waals surface area contributed by atoms with Crippen molar-refractivity contribution in [2.24, 2.45) is 4.99 Å². The summed E-state index contributed by atoms with van der Waals surface area (Å²) in [5, 5.41) is 0.596. The first-order valence-electron chi connectivity index (χ1n) is 9.06. The summed E-state index contributed by atoms with van der Waals surface area (Å²) in [6.07, 6.45) is 1.65. The van der Waals surface area contributed by atoms with Crippen LogP contribution in [-0.2, 0) is 10.1 Å². The largest absolute Gasteiger partial charge is 0.490 e. The predicted molar refractivity (Wildman–Crippen MR) is 123 cm³/mol. The Morgan fingerprint density at radius 3 is 2.53 bits per heavy atom. The molecule has 8 heteroatoms.